The molecule has 0 aliphatic heterocycles. The lowest BCUT2D eigenvalue weighted by Crippen LogP contribution is -1.77. The third-order valence-electron chi connectivity index (χ3n) is 1.38. The fourth-order valence-corrected chi connectivity index (χ4v) is 1.66. The SMILES string of the molecule is O=POc1cccc2nsnc12. The van der Waals surface area contributed by atoms with Gasteiger partial charge in [0.25, 0.3) is 0 Å². The summed E-state index contributed by atoms with van der Waals surface area (Å²) >= 11 is 1.11. The lowest BCUT2D eigenvalue weighted by molar-refractivity contribution is 0.527. The molecule has 1 aromatic heterocycles. The fraction of sp³-hybridized carbons (Fsp3) is 0. The lowest BCUT2D eigenvalue weighted by atomic mass is 10.3. The maximum Gasteiger partial charge on any atom is 0.395 e. The second-order valence-electron chi connectivity index (χ2n) is 2.05. The second kappa shape index (κ2) is 3.13. The van der Waals surface area contributed by atoms with Crippen LogP contribution < -0.4 is 4.52 Å². The summed E-state index contributed by atoms with van der Waals surface area (Å²) in [6.45, 7) is 0. The summed E-state index contributed by atoms with van der Waals surface area (Å²) in [6.07, 6.45) is 0. The molecule has 0 amide bonds. The first kappa shape index (κ1) is 7.58. The fourth-order valence-electron chi connectivity index (χ4n) is 0.895. The average Bonchev–Trinajstić information content (AvgIpc) is 2.53. The second-order valence-corrected chi connectivity index (χ2v) is 2.91. The highest BCUT2D eigenvalue weighted by molar-refractivity contribution is 7.17. The molecule has 12 heavy (non-hydrogen) atoms. The maximum absolute atomic E-state index is 10.2. The van der Waals surface area contributed by atoms with Gasteiger partial charge in [-0.2, -0.15) is 8.75 Å². The van der Waals surface area contributed by atoms with Crippen LogP contribution in [-0.2, 0) is 4.57 Å². The van der Waals surface area contributed by atoms with Crippen LogP contribution in [-0.4, -0.2) is 8.75 Å². The van der Waals surface area contributed by atoms with Gasteiger partial charge in [-0.25, -0.2) is 4.57 Å². The van der Waals surface area contributed by atoms with Gasteiger partial charge in [0.2, 0.25) is 0 Å². The van der Waals surface area contributed by atoms with E-state index in [4.69, 9.17) is 4.52 Å². The van der Waals surface area contributed by atoms with Crippen molar-refractivity contribution in [3.63, 3.8) is 0 Å². The molecule has 0 fully saturated rings. The Bertz CT molecular complexity index is 417. The van der Waals surface area contributed by atoms with E-state index in [1.165, 1.54) is 0 Å². The summed E-state index contributed by atoms with van der Waals surface area (Å²) in [4.78, 5) is 0. The summed E-state index contributed by atoms with van der Waals surface area (Å²) in [7, 11) is -0.371. The van der Waals surface area contributed by atoms with E-state index in [1.807, 2.05) is 6.07 Å². The Balaban J connectivity index is 2.65. The highest BCUT2D eigenvalue weighted by atomic mass is 32.1. The number of rotatable bonds is 2. The smallest absolute Gasteiger partial charge is 0.395 e. The van der Waals surface area contributed by atoms with Crippen molar-refractivity contribution in [2.75, 3.05) is 0 Å². The molecule has 0 saturated heterocycles. The molecule has 0 bridgehead atoms. The number of benzene rings is 1. The number of nitrogens with zero attached hydrogens (tertiary/aromatic N) is 2. The van der Waals surface area contributed by atoms with E-state index in [-0.39, 0.29) is 8.69 Å². The Morgan fingerprint density at radius 1 is 1.42 bits per heavy atom. The maximum atomic E-state index is 10.2. The van der Waals surface area contributed by atoms with Crippen LogP contribution in [0.2, 0.25) is 0 Å². The van der Waals surface area contributed by atoms with Crippen LogP contribution in [0.25, 0.3) is 11.0 Å². The van der Waals surface area contributed by atoms with Crippen molar-refractivity contribution in [2.45, 2.75) is 0 Å². The van der Waals surface area contributed by atoms with Crippen LogP contribution in [0, 0.1) is 0 Å². The molecule has 1 aromatic carbocycles. The molecular weight excluding hydrogens is 195 g/mol. The molecule has 0 saturated carbocycles. The highest BCUT2D eigenvalue weighted by Crippen LogP contribution is 2.25. The average molecular weight is 198 g/mol. The Hall–Kier alpha value is -1.06. The van der Waals surface area contributed by atoms with Crippen LogP contribution in [0.1, 0.15) is 0 Å². The summed E-state index contributed by atoms with van der Waals surface area (Å²) in [5, 5.41) is 0. The Kier molecular flexibility index (Phi) is 1.98. The quantitative estimate of drug-likeness (QED) is 0.694. The van der Waals surface area contributed by atoms with E-state index in [2.05, 4.69) is 8.75 Å². The van der Waals surface area contributed by atoms with Gasteiger partial charge in [0.15, 0.2) is 5.75 Å². The zero-order valence-corrected chi connectivity index (χ0v) is 7.51. The number of hydrogen-bond donors (Lipinski definition) is 0. The Labute approximate surface area is 73.8 Å². The van der Waals surface area contributed by atoms with Crippen LogP contribution in [0.3, 0.4) is 0 Å². The Morgan fingerprint density at radius 3 is 3.17 bits per heavy atom. The minimum atomic E-state index is -0.371. The van der Waals surface area contributed by atoms with Crippen LogP contribution >= 0.6 is 20.4 Å². The molecular formula is C6H3N2O2PS. The molecule has 0 radical (unpaired) electrons. The summed E-state index contributed by atoms with van der Waals surface area (Å²) in [5.41, 5.74) is 1.42. The van der Waals surface area contributed by atoms with Crippen LogP contribution in [0.5, 0.6) is 5.75 Å². The minimum absolute atomic E-state index is 0.371. The van der Waals surface area contributed by atoms with Gasteiger partial charge in [0.05, 0.1) is 11.7 Å². The van der Waals surface area contributed by atoms with Crippen molar-refractivity contribution in [1.82, 2.24) is 8.75 Å². The summed E-state index contributed by atoms with van der Waals surface area (Å²) in [5.74, 6) is 0.498. The molecule has 6 heteroatoms. The monoisotopic (exact) mass is 198 g/mol. The molecule has 0 spiro atoms. The van der Waals surface area contributed by atoms with Crippen molar-refractivity contribution >= 4 is 31.4 Å². The first-order valence-corrected chi connectivity index (χ1v) is 4.59. The van der Waals surface area contributed by atoms with Crippen molar-refractivity contribution < 1.29 is 9.09 Å². The zero-order chi connectivity index (χ0) is 8.39. The van der Waals surface area contributed by atoms with Gasteiger partial charge in [0.1, 0.15) is 11.0 Å². The van der Waals surface area contributed by atoms with E-state index in [9.17, 15) is 4.57 Å². The van der Waals surface area contributed by atoms with Gasteiger partial charge in [-0.05, 0) is 12.1 Å². The first-order chi connectivity index (χ1) is 5.92. The number of fused-ring (bicyclic) bond motifs is 1. The standard InChI is InChI=1S/C6H3N2O2PS/c9-11-10-5-3-1-2-4-6(5)8-12-7-4/h1-3H. The normalized spacial score (nSPS) is 10.7. The lowest BCUT2D eigenvalue weighted by Gasteiger charge is -1.94. The van der Waals surface area contributed by atoms with Crippen molar-refractivity contribution in [3.8, 4) is 5.75 Å². The predicted molar refractivity (Wildman–Crippen MR) is 45.6 cm³/mol. The van der Waals surface area contributed by atoms with E-state index in [1.54, 1.807) is 12.1 Å². The van der Waals surface area contributed by atoms with Crippen LogP contribution in [0.15, 0.2) is 18.2 Å². The van der Waals surface area contributed by atoms with E-state index in [0.29, 0.717) is 11.3 Å². The largest absolute Gasteiger partial charge is 0.405 e. The molecule has 1 heterocycles. The molecule has 4 nitrogen and oxygen atoms in total. The van der Waals surface area contributed by atoms with E-state index in [0.717, 1.165) is 17.2 Å². The number of hydrogen-bond acceptors (Lipinski definition) is 5. The van der Waals surface area contributed by atoms with E-state index >= 15 is 0 Å². The summed E-state index contributed by atoms with van der Waals surface area (Å²) < 4.78 is 23.0. The zero-order valence-electron chi connectivity index (χ0n) is 5.80. The van der Waals surface area contributed by atoms with E-state index < -0.39 is 0 Å². The van der Waals surface area contributed by atoms with Gasteiger partial charge in [-0.1, -0.05) is 6.07 Å². The van der Waals surface area contributed by atoms with Gasteiger partial charge in [-0.3, -0.25) is 0 Å². The minimum Gasteiger partial charge on any atom is -0.405 e. The Morgan fingerprint density at radius 2 is 2.33 bits per heavy atom. The van der Waals surface area contributed by atoms with Gasteiger partial charge in [0, 0.05) is 0 Å². The predicted octanol–water partition coefficient (Wildman–Crippen LogP) is 2.28. The molecule has 2 aromatic rings. The topological polar surface area (TPSA) is 52.1 Å². The van der Waals surface area contributed by atoms with Crippen LogP contribution in [0.4, 0.5) is 0 Å². The summed E-state index contributed by atoms with van der Waals surface area (Å²) in [6, 6.07) is 5.31. The third kappa shape index (κ3) is 1.17. The molecule has 0 aliphatic rings. The number of aromatic nitrogens is 2. The van der Waals surface area contributed by atoms with Gasteiger partial charge in [-0.15, -0.1) is 0 Å². The third-order valence-corrected chi connectivity index (χ3v) is 2.20. The van der Waals surface area contributed by atoms with Crippen molar-refractivity contribution in [1.29, 1.82) is 0 Å². The molecule has 0 unspecified atom stereocenters. The molecule has 0 N–H and O–H groups in total. The highest BCUT2D eigenvalue weighted by Gasteiger charge is 2.04. The van der Waals surface area contributed by atoms with Crippen molar-refractivity contribution in [3.05, 3.63) is 18.2 Å². The van der Waals surface area contributed by atoms with Gasteiger partial charge < -0.3 is 4.52 Å². The molecule has 60 valence electrons. The molecule has 0 atom stereocenters. The van der Waals surface area contributed by atoms with Crippen molar-refractivity contribution in [2.24, 2.45) is 0 Å². The molecule has 2 rings (SSSR count). The van der Waals surface area contributed by atoms with Gasteiger partial charge >= 0.3 is 8.69 Å². The molecule has 0 aliphatic carbocycles. The first-order valence-electron chi connectivity index (χ1n) is 3.13.